The number of aryl methyl sites for hydroxylation is 2. The number of fused-ring (bicyclic) bond motifs is 1. The molecule has 5 nitrogen and oxygen atoms in total. The Balaban J connectivity index is 1.47. The van der Waals surface area contributed by atoms with Crippen molar-refractivity contribution in [2.45, 2.75) is 19.3 Å². The molecule has 3 rings (SSSR count). The van der Waals surface area contributed by atoms with Gasteiger partial charge in [-0.2, -0.15) is 0 Å². The minimum Gasteiger partial charge on any atom is -0.456 e. The van der Waals surface area contributed by atoms with Crippen LogP contribution in [0.1, 0.15) is 38.3 Å². The first-order valence-corrected chi connectivity index (χ1v) is 8.38. The van der Waals surface area contributed by atoms with Gasteiger partial charge in [-0.15, -0.1) is 0 Å². The monoisotopic (exact) mass is 355 g/mol. The maximum atomic E-state index is 13.5. The molecule has 0 aromatic heterocycles. The zero-order chi connectivity index (χ0) is 18.5. The van der Waals surface area contributed by atoms with Crippen molar-refractivity contribution in [3.05, 3.63) is 70.5 Å². The van der Waals surface area contributed by atoms with Gasteiger partial charge >= 0.3 is 5.97 Å². The van der Waals surface area contributed by atoms with Crippen LogP contribution in [0.25, 0.3) is 0 Å². The molecule has 2 aromatic rings. The Morgan fingerprint density at radius 2 is 1.81 bits per heavy atom. The van der Waals surface area contributed by atoms with Crippen LogP contribution in [-0.4, -0.2) is 30.8 Å². The first-order chi connectivity index (χ1) is 12.5. The summed E-state index contributed by atoms with van der Waals surface area (Å²) in [5, 5.41) is 2.27. The molecule has 0 heterocycles. The molecule has 1 aliphatic rings. The van der Waals surface area contributed by atoms with Crippen molar-refractivity contribution >= 4 is 17.7 Å². The lowest BCUT2D eigenvalue weighted by Gasteiger charge is -2.08. The summed E-state index contributed by atoms with van der Waals surface area (Å²) in [4.78, 5) is 35.7. The Labute approximate surface area is 150 Å². The van der Waals surface area contributed by atoms with Crippen LogP contribution < -0.4 is 5.32 Å². The maximum Gasteiger partial charge on any atom is 0.325 e. The molecule has 0 unspecified atom stereocenters. The maximum absolute atomic E-state index is 13.5. The van der Waals surface area contributed by atoms with Crippen LogP contribution >= 0.6 is 0 Å². The number of ketones is 1. The summed E-state index contributed by atoms with van der Waals surface area (Å²) in [6.45, 7) is -0.835. The number of rotatable bonds is 6. The summed E-state index contributed by atoms with van der Waals surface area (Å²) >= 11 is 0. The Hall–Kier alpha value is -3.02. The number of halogens is 1. The van der Waals surface area contributed by atoms with Gasteiger partial charge in [0, 0.05) is 5.56 Å². The molecule has 134 valence electrons. The molecule has 26 heavy (non-hydrogen) atoms. The zero-order valence-corrected chi connectivity index (χ0v) is 14.1. The van der Waals surface area contributed by atoms with E-state index in [1.54, 1.807) is 6.07 Å². The lowest BCUT2D eigenvalue weighted by Crippen LogP contribution is -2.32. The van der Waals surface area contributed by atoms with Crippen molar-refractivity contribution in [3.8, 4) is 0 Å². The normalized spacial score (nSPS) is 12.3. The van der Waals surface area contributed by atoms with Crippen LogP contribution in [0.15, 0.2) is 42.5 Å². The molecule has 1 aliphatic carbocycles. The third kappa shape index (κ3) is 4.14. The number of Topliss-reactive ketones (excluding diaryl/α,β-unsaturated/α-hetero) is 1. The number of hydrogen-bond acceptors (Lipinski definition) is 4. The minimum absolute atomic E-state index is 0.158. The fourth-order valence-corrected chi connectivity index (χ4v) is 2.92. The number of amides is 1. The molecule has 0 saturated heterocycles. The Morgan fingerprint density at radius 1 is 1.04 bits per heavy atom. The van der Waals surface area contributed by atoms with Gasteiger partial charge in [0.15, 0.2) is 12.4 Å². The van der Waals surface area contributed by atoms with Crippen molar-refractivity contribution in [1.29, 1.82) is 0 Å². The highest BCUT2D eigenvalue weighted by Gasteiger charge is 2.16. The van der Waals surface area contributed by atoms with E-state index < -0.39 is 30.8 Å². The van der Waals surface area contributed by atoms with Crippen LogP contribution in [0.2, 0.25) is 0 Å². The summed E-state index contributed by atoms with van der Waals surface area (Å²) in [7, 11) is 0. The first kappa shape index (κ1) is 17.8. The van der Waals surface area contributed by atoms with Crippen LogP contribution in [0.3, 0.4) is 0 Å². The van der Waals surface area contributed by atoms with Gasteiger partial charge in [-0.25, -0.2) is 4.39 Å². The van der Waals surface area contributed by atoms with Crippen LogP contribution in [0.5, 0.6) is 0 Å². The number of esters is 1. The first-order valence-electron chi connectivity index (χ1n) is 8.38. The smallest absolute Gasteiger partial charge is 0.325 e. The van der Waals surface area contributed by atoms with E-state index in [4.69, 9.17) is 4.74 Å². The molecular formula is C20H18FNO4. The fourth-order valence-electron chi connectivity index (χ4n) is 2.92. The Bertz CT molecular complexity index is 863. The van der Waals surface area contributed by atoms with E-state index in [0.717, 1.165) is 25.3 Å². The van der Waals surface area contributed by atoms with Crippen LogP contribution in [-0.2, 0) is 22.4 Å². The van der Waals surface area contributed by atoms with Crippen LogP contribution in [0, 0.1) is 5.82 Å². The third-order valence-electron chi connectivity index (χ3n) is 4.30. The predicted molar refractivity (Wildman–Crippen MR) is 92.5 cm³/mol. The summed E-state index contributed by atoms with van der Waals surface area (Å²) in [5.74, 6) is -2.45. The summed E-state index contributed by atoms with van der Waals surface area (Å²) in [6.07, 6.45) is 3.07. The lowest BCUT2D eigenvalue weighted by atomic mass is 10.0. The molecule has 0 bridgehead atoms. The number of carbonyl (C=O) groups is 3. The number of nitrogens with one attached hydrogen (secondary N) is 1. The number of ether oxygens (including phenoxy) is 1. The van der Waals surface area contributed by atoms with Crippen LogP contribution in [0.4, 0.5) is 4.39 Å². The van der Waals surface area contributed by atoms with Gasteiger partial charge in [0.2, 0.25) is 0 Å². The summed E-state index contributed by atoms with van der Waals surface area (Å²) in [5.41, 5.74) is 2.78. The molecule has 1 amide bonds. The Morgan fingerprint density at radius 3 is 2.62 bits per heavy atom. The van der Waals surface area contributed by atoms with E-state index in [0.29, 0.717) is 5.56 Å². The number of hydrogen-bond donors (Lipinski definition) is 1. The van der Waals surface area contributed by atoms with E-state index in [2.05, 4.69) is 5.32 Å². The molecule has 0 aliphatic heterocycles. The highest BCUT2D eigenvalue weighted by molar-refractivity contribution is 5.99. The van der Waals surface area contributed by atoms with Crippen molar-refractivity contribution in [3.63, 3.8) is 0 Å². The summed E-state index contributed by atoms with van der Waals surface area (Å²) < 4.78 is 18.4. The van der Waals surface area contributed by atoms with Gasteiger partial charge in [0.1, 0.15) is 12.4 Å². The number of benzene rings is 2. The van der Waals surface area contributed by atoms with Gasteiger partial charge in [0.05, 0.1) is 5.56 Å². The van der Waals surface area contributed by atoms with Crippen molar-refractivity contribution in [2.75, 3.05) is 13.2 Å². The Kier molecular flexibility index (Phi) is 5.41. The summed E-state index contributed by atoms with van der Waals surface area (Å²) in [6, 6.07) is 11.0. The van der Waals surface area contributed by atoms with Gasteiger partial charge in [-0.05, 0) is 48.6 Å². The largest absolute Gasteiger partial charge is 0.456 e. The SMILES string of the molecule is O=C(CNC(=O)c1ccccc1F)OCC(=O)c1ccc2c(c1)CCC2. The molecule has 2 aromatic carbocycles. The average molecular weight is 355 g/mol. The van der Waals surface area contributed by atoms with Crippen molar-refractivity contribution < 1.29 is 23.5 Å². The quantitative estimate of drug-likeness (QED) is 0.638. The van der Waals surface area contributed by atoms with Crippen molar-refractivity contribution in [1.82, 2.24) is 5.32 Å². The zero-order valence-electron chi connectivity index (χ0n) is 14.1. The second-order valence-electron chi connectivity index (χ2n) is 6.08. The molecule has 0 spiro atoms. The van der Waals surface area contributed by atoms with Gasteiger partial charge in [-0.3, -0.25) is 14.4 Å². The van der Waals surface area contributed by atoms with Gasteiger partial charge < -0.3 is 10.1 Å². The molecule has 0 radical (unpaired) electrons. The third-order valence-corrected chi connectivity index (χ3v) is 4.30. The van der Waals surface area contributed by atoms with E-state index in [1.165, 1.54) is 29.3 Å². The highest BCUT2D eigenvalue weighted by Crippen LogP contribution is 2.23. The molecule has 0 atom stereocenters. The molecule has 6 heteroatoms. The second-order valence-corrected chi connectivity index (χ2v) is 6.08. The van der Waals surface area contributed by atoms with Gasteiger partial charge in [0.25, 0.3) is 5.91 Å². The van der Waals surface area contributed by atoms with Crippen molar-refractivity contribution in [2.24, 2.45) is 0 Å². The molecule has 0 fully saturated rings. The van der Waals surface area contributed by atoms with E-state index in [9.17, 15) is 18.8 Å². The predicted octanol–water partition coefficient (Wildman–Crippen LogP) is 2.47. The van der Waals surface area contributed by atoms with E-state index in [-0.39, 0.29) is 11.3 Å². The topological polar surface area (TPSA) is 72.5 Å². The van der Waals surface area contributed by atoms with Gasteiger partial charge in [-0.1, -0.05) is 24.3 Å². The molecular weight excluding hydrogens is 337 g/mol. The lowest BCUT2D eigenvalue weighted by molar-refractivity contribution is -0.141. The second kappa shape index (κ2) is 7.91. The number of carbonyl (C=O) groups excluding carboxylic acids is 3. The molecule has 0 saturated carbocycles. The van der Waals surface area contributed by atoms with E-state index in [1.807, 2.05) is 12.1 Å². The standard InChI is InChI=1S/C20H18FNO4/c21-17-7-2-1-6-16(17)20(25)22-11-19(24)26-12-18(23)15-9-8-13-4-3-5-14(13)10-15/h1-2,6-10H,3-5,11-12H2,(H,22,25). The fraction of sp³-hybridized carbons (Fsp3) is 0.250. The molecule has 1 N–H and O–H groups in total. The highest BCUT2D eigenvalue weighted by atomic mass is 19.1. The minimum atomic E-state index is -0.760. The average Bonchev–Trinajstić information content (AvgIpc) is 3.12. The van der Waals surface area contributed by atoms with E-state index >= 15 is 0 Å².